The second kappa shape index (κ2) is 5.46. The Hall–Kier alpha value is -1.46. The number of benzene rings is 1. The topological polar surface area (TPSA) is 53.1 Å². The summed E-state index contributed by atoms with van der Waals surface area (Å²) in [5.74, 6) is 0.823. The molecule has 1 heterocycles. The lowest BCUT2D eigenvalue weighted by atomic mass is 10.1. The van der Waals surface area contributed by atoms with E-state index >= 15 is 0 Å². The fourth-order valence-corrected chi connectivity index (χ4v) is 2.85. The first-order valence-electron chi connectivity index (χ1n) is 5.71. The highest BCUT2D eigenvalue weighted by Gasteiger charge is 2.15. The van der Waals surface area contributed by atoms with Gasteiger partial charge in [0, 0.05) is 35.9 Å². The lowest BCUT2D eigenvalue weighted by Gasteiger charge is -2.16. The molecule has 1 aromatic heterocycles. The van der Waals surface area contributed by atoms with Gasteiger partial charge in [-0.3, -0.25) is 0 Å². The summed E-state index contributed by atoms with van der Waals surface area (Å²) in [6.45, 7) is 1.96. The Labute approximate surface area is 111 Å². The highest BCUT2D eigenvalue weighted by molar-refractivity contribution is 7.99. The van der Waals surface area contributed by atoms with Gasteiger partial charge in [-0.2, -0.15) is 0 Å². The third-order valence-electron chi connectivity index (χ3n) is 2.68. The van der Waals surface area contributed by atoms with Crippen LogP contribution < -0.4 is 10.5 Å². The van der Waals surface area contributed by atoms with Gasteiger partial charge in [0.25, 0.3) is 0 Å². The van der Waals surface area contributed by atoms with E-state index in [1.54, 1.807) is 25.1 Å². The van der Waals surface area contributed by atoms with Gasteiger partial charge in [-0.25, -0.2) is 4.98 Å². The van der Waals surface area contributed by atoms with Gasteiger partial charge < -0.3 is 15.0 Å². The minimum Gasteiger partial charge on any atom is -0.496 e. The van der Waals surface area contributed by atoms with Crippen LogP contribution in [0.25, 0.3) is 0 Å². The molecule has 0 bridgehead atoms. The van der Waals surface area contributed by atoms with Crippen LogP contribution >= 0.6 is 11.8 Å². The summed E-state index contributed by atoms with van der Waals surface area (Å²) in [6.07, 6.45) is 3.71. The maximum Gasteiger partial charge on any atom is 0.172 e. The molecule has 0 aliphatic heterocycles. The Balaban J connectivity index is 2.41. The molecule has 18 heavy (non-hydrogen) atoms. The van der Waals surface area contributed by atoms with Crippen LogP contribution in [0.5, 0.6) is 5.75 Å². The normalized spacial score (nSPS) is 12.4. The van der Waals surface area contributed by atoms with E-state index in [2.05, 4.69) is 4.98 Å². The van der Waals surface area contributed by atoms with Gasteiger partial charge in [0.15, 0.2) is 5.16 Å². The van der Waals surface area contributed by atoms with Crippen LogP contribution in [0.1, 0.15) is 18.5 Å². The molecular formula is C13H17N3OS. The first-order chi connectivity index (χ1) is 8.63. The molecule has 0 saturated carbocycles. The lowest BCUT2D eigenvalue weighted by molar-refractivity contribution is 0.405. The van der Waals surface area contributed by atoms with Crippen LogP contribution in [-0.4, -0.2) is 16.7 Å². The summed E-state index contributed by atoms with van der Waals surface area (Å²) >= 11 is 1.60. The van der Waals surface area contributed by atoms with Crippen molar-refractivity contribution in [1.82, 2.24) is 9.55 Å². The Kier molecular flexibility index (Phi) is 3.93. The summed E-state index contributed by atoms with van der Waals surface area (Å²) < 4.78 is 7.36. The molecule has 5 heteroatoms. The number of imidazole rings is 1. The minimum absolute atomic E-state index is 0.0797. The second-order valence-corrected chi connectivity index (χ2v) is 5.09. The van der Waals surface area contributed by atoms with Crippen molar-refractivity contribution >= 4 is 11.8 Å². The van der Waals surface area contributed by atoms with Crippen molar-refractivity contribution in [1.29, 1.82) is 0 Å². The van der Waals surface area contributed by atoms with Crippen molar-refractivity contribution in [3.63, 3.8) is 0 Å². The molecule has 2 N–H and O–H groups in total. The van der Waals surface area contributed by atoms with Crippen molar-refractivity contribution in [2.75, 3.05) is 7.11 Å². The van der Waals surface area contributed by atoms with E-state index in [0.29, 0.717) is 0 Å². The molecule has 0 radical (unpaired) electrons. The van der Waals surface area contributed by atoms with Gasteiger partial charge in [-0.1, -0.05) is 17.8 Å². The third kappa shape index (κ3) is 2.52. The number of nitrogens with zero attached hydrogens (tertiary/aromatic N) is 2. The van der Waals surface area contributed by atoms with Gasteiger partial charge in [0.05, 0.1) is 7.11 Å². The number of aryl methyl sites for hydroxylation is 1. The molecule has 0 unspecified atom stereocenters. The highest BCUT2D eigenvalue weighted by Crippen LogP contribution is 2.36. The molecule has 2 aromatic rings. The maximum atomic E-state index is 6.04. The van der Waals surface area contributed by atoms with Crippen molar-refractivity contribution in [2.45, 2.75) is 23.0 Å². The van der Waals surface area contributed by atoms with Gasteiger partial charge in [0.2, 0.25) is 0 Å². The van der Waals surface area contributed by atoms with E-state index in [1.807, 2.05) is 42.9 Å². The zero-order chi connectivity index (χ0) is 13.1. The summed E-state index contributed by atoms with van der Waals surface area (Å²) in [5, 5.41) is 0.935. The standard InChI is InChI=1S/C13H17N3OS/c1-9(14)12-10(17-3)5-4-6-11(12)18-13-15-7-8-16(13)2/h4-9H,14H2,1-3H3/t9-/m0/s1. The highest BCUT2D eigenvalue weighted by atomic mass is 32.2. The van der Waals surface area contributed by atoms with Crippen LogP contribution in [0.2, 0.25) is 0 Å². The third-order valence-corrected chi connectivity index (χ3v) is 3.83. The monoisotopic (exact) mass is 263 g/mol. The molecule has 4 nitrogen and oxygen atoms in total. The van der Waals surface area contributed by atoms with Gasteiger partial charge >= 0.3 is 0 Å². The minimum atomic E-state index is -0.0797. The molecule has 2 rings (SSSR count). The van der Waals surface area contributed by atoms with E-state index in [1.165, 1.54) is 0 Å². The van der Waals surface area contributed by atoms with Crippen LogP contribution in [-0.2, 0) is 7.05 Å². The molecule has 0 aliphatic rings. The van der Waals surface area contributed by atoms with Gasteiger partial charge in [0.1, 0.15) is 5.75 Å². The maximum absolute atomic E-state index is 6.04. The second-order valence-electron chi connectivity index (χ2n) is 4.08. The van der Waals surface area contributed by atoms with Crippen LogP contribution in [0.4, 0.5) is 0 Å². The largest absolute Gasteiger partial charge is 0.496 e. The van der Waals surface area contributed by atoms with E-state index in [-0.39, 0.29) is 6.04 Å². The fraction of sp³-hybridized carbons (Fsp3) is 0.308. The Morgan fingerprint density at radius 1 is 1.44 bits per heavy atom. The zero-order valence-electron chi connectivity index (χ0n) is 10.8. The lowest BCUT2D eigenvalue weighted by Crippen LogP contribution is -2.08. The molecule has 0 amide bonds. The van der Waals surface area contributed by atoms with Crippen molar-refractivity contribution in [3.8, 4) is 5.75 Å². The van der Waals surface area contributed by atoms with Crippen LogP contribution in [0, 0.1) is 0 Å². The number of aromatic nitrogens is 2. The molecule has 1 aromatic carbocycles. The van der Waals surface area contributed by atoms with Crippen molar-refractivity contribution < 1.29 is 4.74 Å². The van der Waals surface area contributed by atoms with E-state index < -0.39 is 0 Å². The SMILES string of the molecule is COc1cccc(Sc2nccn2C)c1[C@H](C)N. The quantitative estimate of drug-likeness (QED) is 0.921. The molecule has 96 valence electrons. The number of rotatable bonds is 4. The summed E-state index contributed by atoms with van der Waals surface area (Å²) in [6, 6.07) is 5.86. The molecule has 0 spiro atoms. The Bertz CT molecular complexity index is 537. The van der Waals surface area contributed by atoms with E-state index in [4.69, 9.17) is 10.5 Å². The first kappa shape index (κ1) is 13.0. The number of methoxy groups -OCH3 is 1. The van der Waals surface area contributed by atoms with Crippen molar-refractivity contribution in [2.24, 2.45) is 12.8 Å². The van der Waals surface area contributed by atoms with Gasteiger partial charge in [-0.15, -0.1) is 0 Å². The number of hydrogen-bond acceptors (Lipinski definition) is 4. The number of nitrogens with two attached hydrogens (primary N) is 1. The number of ether oxygens (including phenoxy) is 1. The number of hydrogen-bond donors (Lipinski definition) is 1. The van der Waals surface area contributed by atoms with Crippen molar-refractivity contribution in [3.05, 3.63) is 36.2 Å². The van der Waals surface area contributed by atoms with Crippen LogP contribution in [0.15, 0.2) is 40.6 Å². The summed E-state index contributed by atoms with van der Waals surface area (Å²) in [4.78, 5) is 5.39. The first-order valence-corrected chi connectivity index (χ1v) is 6.52. The molecular weight excluding hydrogens is 246 g/mol. The zero-order valence-corrected chi connectivity index (χ0v) is 11.6. The molecule has 0 fully saturated rings. The van der Waals surface area contributed by atoms with Crippen LogP contribution in [0.3, 0.4) is 0 Å². The Morgan fingerprint density at radius 2 is 2.22 bits per heavy atom. The van der Waals surface area contributed by atoms with E-state index in [0.717, 1.165) is 21.4 Å². The smallest absolute Gasteiger partial charge is 0.172 e. The Morgan fingerprint density at radius 3 is 2.78 bits per heavy atom. The average Bonchev–Trinajstić information content (AvgIpc) is 2.74. The van der Waals surface area contributed by atoms with Gasteiger partial charge in [-0.05, 0) is 19.1 Å². The molecule has 0 saturated heterocycles. The predicted octanol–water partition coefficient (Wildman–Crippen LogP) is 2.60. The average molecular weight is 263 g/mol. The summed E-state index contributed by atoms with van der Waals surface area (Å²) in [7, 11) is 3.64. The molecule has 1 atom stereocenters. The summed E-state index contributed by atoms with van der Waals surface area (Å²) in [5.41, 5.74) is 7.06. The predicted molar refractivity (Wildman–Crippen MR) is 72.9 cm³/mol. The fourth-order valence-electron chi connectivity index (χ4n) is 1.79. The van der Waals surface area contributed by atoms with E-state index in [9.17, 15) is 0 Å². The molecule has 0 aliphatic carbocycles.